The molecule has 0 aliphatic carbocycles. The summed E-state index contributed by atoms with van der Waals surface area (Å²) in [7, 11) is 0. The zero-order valence-electron chi connectivity index (χ0n) is 12.9. The fourth-order valence-corrected chi connectivity index (χ4v) is 2.43. The molecule has 6 nitrogen and oxygen atoms in total. The molecule has 0 fully saturated rings. The second kappa shape index (κ2) is 6.90. The van der Waals surface area contributed by atoms with Crippen LogP contribution < -0.4 is 5.32 Å². The van der Waals surface area contributed by atoms with Gasteiger partial charge in [-0.05, 0) is 36.8 Å². The van der Waals surface area contributed by atoms with E-state index in [2.05, 4.69) is 15.5 Å². The van der Waals surface area contributed by atoms with Gasteiger partial charge in [0.05, 0.1) is 18.4 Å². The summed E-state index contributed by atoms with van der Waals surface area (Å²) < 4.78 is 5.25. The average molecular weight is 346 g/mol. The molecule has 0 aliphatic heterocycles. The highest BCUT2D eigenvalue weighted by Crippen LogP contribution is 2.20. The molecule has 2 atom stereocenters. The van der Waals surface area contributed by atoms with Crippen molar-refractivity contribution < 1.29 is 14.3 Å². The van der Waals surface area contributed by atoms with Gasteiger partial charge >= 0.3 is 0 Å². The van der Waals surface area contributed by atoms with Crippen molar-refractivity contribution in [1.82, 2.24) is 15.5 Å². The van der Waals surface area contributed by atoms with Crippen LogP contribution >= 0.6 is 11.6 Å². The van der Waals surface area contributed by atoms with Crippen molar-refractivity contribution in [3.63, 3.8) is 0 Å². The lowest BCUT2D eigenvalue weighted by molar-refractivity contribution is 0.0847. The van der Waals surface area contributed by atoms with E-state index in [0.29, 0.717) is 22.0 Å². The van der Waals surface area contributed by atoms with E-state index >= 15 is 0 Å². The van der Waals surface area contributed by atoms with Crippen LogP contribution in [0, 0.1) is 0 Å². The Labute approximate surface area is 143 Å². The molecule has 0 bridgehead atoms. The Hall–Kier alpha value is -2.57. The highest BCUT2D eigenvalue weighted by atomic mass is 35.5. The largest absolute Gasteiger partial charge is 0.463 e. The van der Waals surface area contributed by atoms with Crippen molar-refractivity contribution in [2.45, 2.75) is 19.1 Å². The Bertz CT molecular complexity index is 812. The first-order valence-corrected chi connectivity index (χ1v) is 7.76. The van der Waals surface area contributed by atoms with Crippen molar-refractivity contribution in [2.75, 3.05) is 0 Å². The van der Waals surface area contributed by atoms with E-state index in [1.54, 1.807) is 55.7 Å². The summed E-state index contributed by atoms with van der Waals surface area (Å²) in [6, 6.07) is 11.4. The Kier molecular flexibility index (Phi) is 4.69. The third kappa shape index (κ3) is 3.50. The molecule has 2 heterocycles. The van der Waals surface area contributed by atoms with Gasteiger partial charge in [-0.25, -0.2) is 0 Å². The Balaban J connectivity index is 1.66. The van der Waals surface area contributed by atoms with Crippen molar-refractivity contribution in [1.29, 1.82) is 0 Å². The van der Waals surface area contributed by atoms with Gasteiger partial charge in [0.2, 0.25) is 0 Å². The fourth-order valence-electron chi connectivity index (χ4n) is 2.30. The highest BCUT2D eigenvalue weighted by Gasteiger charge is 2.21. The van der Waals surface area contributed by atoms with Gasteiger partial charge in [-0.15, -0.1) is 0 Å². The molecule has 3 aromatic rings. The van der Waals surface area contributed by atoms with E-state index in [-0.39, 0.29) is 11.6 Å². The minimum atomic E-state index is -0.852. The first kappa shape index (κ1) is 16.3. The lowest BCUT2D eigenvalue weighted by Crippen LogP contribution is -2.37. The topological polar surface area (TPSA) is 91.2 Å². The molecule has 1 amide bonds. The molecule has 2 aromatic heterocycles. The van der Waals surface area contributed by atoms with Gasteiger partial charge in [0.25, 0.3) is 5.91 Å². The molecule has 3 N–H and O–H groups in total. The maximum atomic E-state index is 12.3. The number of hydrogen-bond acceptors (Lipinski definition) is 4. The van der Waals surface area contributed by atoms with Crippen LogP contribution in [0.4, 0.5) is 0 Å². The zero-order chi connectivity index (χ0) is 17.1. The molecule has 1 aromatic carbocycles. The summed E-state index contributed by atoms with van der Waals surface area (Å²) in [6.45, 7) is 1.72. The molecular weight excluding hydrogens is 330 g/mol. The Morgan fingerprint density at radius 3 is 2.75 bits per heavy atom. The number of rotatable bonds is 5. The molecule has 0 saturated carbocycles. The molecule has 0 radical (unpaired) electrons. The van der Waals surface area contributed by atoms with Gasteiger partial charge in [-0.2, -0.15) is 5.10 Å². The van der Waals surface area contributed by atoms with E-state index in [4.69, 9.17) is 16.0 Å². The molecule has 7 heteroatoms. The van der Waals surface area contributed by atoms with Crippen LogP contribution in [0.15, 0.2) is 53.1 Å². The maximum Gasteiger partial charge on any atom is 0.272 e. The van der Waals surface area contributed by atoms with E-state index < -0.39 is 12.1 Å². The number of carbonyl (C=O) groups excluding carboxylic acids is 1. The first-order chi connectivity index (χ1) is 11.5. The number of furan rings is 1. The van der Waals surface area contributed by atoms with Crippen LogP contribution in [0.1, 0.15) is 29.1 Å². The molecular formula is C17H16ClN3O3. The second-order valence-corrected chi connectivity index (χ2v) is 5.84. The quantitative estimate of drug-likeness (QED) is 0.662. The average Bonchev–Trinajstić information content (AvgIpc) is 3.26. The normalized spacial score (nSPS) is 13.5. The number of aliphatic hydroxyl groups is 1. The maximum absolute atomic E-state index is 12.3. The number of amides is 1. The smallest absolute Gasteiger partial charge is 0.272 e. The third-order valence-electron chi connectivity index (χ3n) is 3.64. The standard InChI is InChI=1S/C17H16ClN3O3/c1-10(16(22)11-4-6-12(18)7-5-11)19-17(23)14-9-13(20-21-14)15-3-2-8-24-15/h2-10,16,22H,1H3,(H,19,23)(H,20,21). The van der Waals surface area contributed by atoms with Gasteiger partial charge in [-0.3, -0.25) is 9.89 Å². The van der Waals surface area contributed by atoms with Gasteiger partial charge < -0.3 is 14.8 Å². The molecule has 2 unspecified atom stereocenters. The number of carbonyl (C=O) groups is 1. The molecule has 24 heavy (non-hydrogen) atoms. The molecule has 0 saturated heterocycles. The van der Waals surface area contributed by atoms with Gasteiger partial charge in [0, 0.05) is 11.1 Å². The summed E-state index contributed by atoms with van der Waals surface area (Å²) in [6.07, 6.45) is 0.690. The van der Waals surface area contributed by atoms with Gasteiger partial charge in [-0.1, -0.05) is 23.7 Å². The molecule has 124 valence electrons. The number of aliphatic hydroxyl groups excluding tert-OH is 1. The zero-order valence-corrected chi connectivity index (χ0v) is 13.6. The fraction of sp³-hybridized carbons (Fsp3) is 0.176. The predicted octanol–water partition coefficient (Wildman–Crippen LogP) is 3.18. The van der Waals surface area contributed by atoms with Crippen LogP contribution in [-0.4, -0.2) is 27.3 Å². The van der Waals surface area contributed by atoms with Crippen LogP contribution in [0.25, 0.3) is 11.5 Å². The van der Waals surface area contributed by atoms with Crippen molar-refractivity contribution in [2.24, 2.45) is 0 Å². The van der Waals surface area contributed by atoms with E-state index in [0.717, 1.165) is 0 Å². The number of aromatic amines is 1. The number of benzene rings is 1. The first-order valence-electron chi connectivity index (χ1n) is 7.38. The lowest BCUT2D eigenvalue weighted by atomic mass is 10.0. The lowest BCUT2D eigenvalue weighted by Gasteiger charge is -2.20. The number of H-pyrrole nitrogens is 1. The SMILES string of the molecule is CC(NC(=O)c1cc(-c2ccco2)[nH]n1)C(O)c1ccc(Cl)cc1. The predicted molar refractivity (Wildman–Crippen MR) is 89.6 cm³/mol. The summed E-state index contributed by atoms with van der Waals surface area (Å²) in [4.78, 5) is 12.3. The van der Waals surface area contributed by atoms with Crippen LogP contribution in [0.2, 0.25) is 5.02 Å². The monoisotopic (exact) mass is 345 g/mol. The van der Waals surface area contributed by atoms with Gasteiger partial charge in [0.1, 0.15) is 5.69 Å². The van der Waals surface area contributed by atoms with Crippen molar-refractivity contribution in [3.05, 3.63) is 65.0 Å². The van der Waals surface area contributed by atoms with Crippen LogP contribution in [0.5, 0.6) is 0 Å². The van der Waals surface area contributed by atoms with Crippen LogP contribution in [0.3, 0.4) is 0 Å². The summed E-state index contributed by atoms with van der Waals surface area (Å²) in [5.41, 5.74) is 1.50. The van der Waals surface area contributed by atoms with Crippen LogP contribution in [-0.2, 0) is 0 Å². The summed E-state index contributed by atoms with van der Waals surface area (Å²) in [5, 5.41) is 20.4. The Morgan fingerprint density at radius 1 is 1.33 bits per heavy atom. The molecule has 0 spiro atoms. The highest BCUT2D eigenvalue weighted by molar-refractivity contribution is 6.30. The van der Waals surface area contributed by atoms with Gasteiger partial charge in [0.15, 0.2) is 11.5 Å². The van der Waals surface area contributed by atoms with E-state index in [1.165, 1.54) is 0 Å². The number of aromatic nitrogens is 2. The summed E-state index contributed by atoms with van der Waals surface area (Å²) >= 11 is 5.83. The molecule has 3 rings (SSSR count). The number of halogens is 1. The Morgan fingerprint density at radius 2 is 2.08 bits per heavy atom. The van der Waals surface area contributed by atoms with Crippen molar-refractivity contribution >= 4 is 17.5 Å². The summed E-state index contributed by atoms with van der Waals surface area (Å²) in [5.74, 6) is 0.209. The minimum Gasteiger partial charge on any atom is -0.463 e. The number of nitrogens with one attached hydrogen (secondary N) is 2. The number of hydrogen-bond donors (Lipinski definition) is 3. The van der Waals surface area contributed by atoms with E-state index in [1.807, 2.05) is 0 Å². The second-order valence-electron chi connectivity index (χ2n) is 5.40. The molecule has 0 aliphatic rings. The minimum absolute atomic E-state index is 0.219. The third-order valence-corrected chi connectivity index (χ3v) is 3.89. The van der Waals surface area contributed by atoms with E-state index in [9.17, 15) is 9.90 Å². The van der Waals surface area contributed by atoms with Crippen molar-refractivity contribution in [3.8, 4) is 11.5 Å². The number of nitrogens with zero attached hydrogens (tertiary/aromatic N) is 1.